The van der Waals surface area contributed by atoms with Crippen LogP contribution >= 0.6 is 0 Å². The Balaban J connectivity index is 1.94. The number of nitrogens with zero attached hydrogens (tertiary/aromatic N) is 2. The van der Waals surface area contributed by atoms with E-state index in [1.165, 1.54) is 40.7 Å². The number of halogens is 2. The Morgan fingerprint density at radius 3 is 1.86 bits per heavy atom. The van der Waals surface area contributed by atoms with Crippen molar-refractivity contribution in [2.45, 2.75) is 42.5 Å². The summed E-state index contributed by atoms with van der Waals surface area (Å²) >= 11 is 0. The van der Waals surface area contributed by atoms with E-state index in [2.05, 4.69) is 0 Å². The summed E-state index contributed by atoms with van der Waals surface area (Å²) in [4.78, 5) is -0.321. The molecule has 2 aromatic carbocycles. The maximum Gasteiger partial charge on any atom is 0.328 e. The number of sulfonamides is 2. The van der Waals surface area contributed by atoms with Gasteiger partial charge in [0.25, 0.3) is 10.0 Å². The van der Waals surface area contributed by atoms with Crippen LogP contribution < -0.4 is 4.31 Å². The monoisotopic (exact) mass is 444 g/mol. The second-order valence-electron chi connectivity index (χ2n) is 6.85. The van der Waals surface area contributed by atoms with Crippen LogP contribution in [0.2, 0.25) is 0 Å². The summed E-state index contributed by atoms with van der Waals surface area (Å²) in [6.45, 7) is -0.752. The van der Waals surface area contributed by atoms with Gasteiger partial charge in [-0.2, -0.15) is 13.1 Å². The molecule has 0 bridgehead atoms. The molecule has 6 nitrogen and oxygen atoms in total. The van der Waals surface area contributed by atoms with Crippen LogP contribution in [0, 0.1) is 6.92 Å². The van der Waals surface area contributed by atoms with Gasteiger partial charge in [0.2, 0.25) is 10.0 Å². The molecule has 1 aliphatic rings. The van der Waals surface area contributed by atoms with Gasteiger partial charge in [-0.3, -0.25) is 0 Å². The van der Waals surface area contributed by atoms with Crippen molar-refractivity contribution in [3.8, 4) is 0 Å². The second kappa shape index (κ2) is 8.37. The zero-order valence-electron chi connectivity index (χ0n) is 15.8. The molecule has 29 heavy (non-hydrogen) atoms. The summed E-state index contributed by atoms with van der Waals surface area (Å²) in [5.41, 5.74) is 0.484. The van der Waals surface area contributed by atoms with Crippen LogP contribution in [0.15, 0.2) is 58.3 Å². The maximum absolute atomic E-state index is 13.7. The van der Waals surface area contributed by atoms with Gasteiger partial charge in [-0.15, -0.1) is 0 Å². The highest BCUT2D eigenvalue weighted by atomic mass is 32.2. The molecule has 3 rings (SSSR count). The summed E-state index contributed by atoms with van der Waals surface area (Å²) in [6.07, 6.45) is 2.50. The first kappa shape index (κ1) is 21.7. The average Bonchev–Trinajstić information content (AvgIpc) is 2.69. The van der Waals surface area contributed by atoms with Gasteiger partial charge < -0.3 is 0 Å². The van der Waals surface area contributed by atoms with Crippen LogP contribution in [0.25, 0.3) is 0 Å². The van der Waals surface area contributed by atoms with Crippen LogP contribution in [0.5, 0.6) is 0 Å². The molecular weight excluding hydrogens is 422 g/mol. The number of rotatable bonds is 6. The molecule has 0 radical (unpaired) electrons. The van der Waals surface area contributed by atoms with Gasteiger partial charge in [-0.1, -0.05) is 24.1 Å². The van der Waals surface area contributed by atoms with Gasteiger partial charge in [0.1, 0.15) is 0 Å². The zero-order chi connectivity index (χ0) is 21.2. The number of piperidine rings is 1. The zero-order valence-corrected chi connectivity index (χ0v) is 17.5. The van der Waals surface area contributed by atoms with Crippen molar-refractivity contribution in [3.05, 3.63) is 54.1 Å². The predicted octanol–water partition coefficient (Wildman–Crippen LogP) is 3.59. The van der Waals surface area contributed by atoms with Crippen LogP contribution in [0.1, 0.15) is 24.8 Å². The fraction of sp³-hybridized carbons (Fsp3) is 0.368. The van der Waals surface area contributed by atoms with E-state index < -0.39 is 26.6 Å². The van der Waals surface area contributed by atoms with Crippen molar-refractivity contribution in [2.75, 3.05) is 17.4 Å². The van der Waals surface area contributed by atoms with Crippen molar-refractivity contribution < 1.29 is 25.6 Å². The maximum atomic E-state index is 13.7. The minimum Gasteiger partial charge on any atom is -0.207 e. The third-order valence-electron chi connectivity index (χ3n) is 4.80. The van der Waals surface area contributed by atoms with E-state index in [4.69, 9.17) is 0 Å². The Kier molecular flexibility index (Phi) is 6.25. The van der Waals surface area contributed by atoms with E-state index in [1.54, 1.807) is 6.92 Å². The molecule has 0 spiro atoms. The Hall–Kier alpha value is -2.04. The smallest absolute Gasteiger partial charge is 0.207 e. The number of aryl methyl sites for hydroxylation is 1. The molecule has 0 aliphatic carbocycles. The summed E-state index contributed by atoms with van der Waals surface area (Å²) in [7, 11) is -8.25. The van der Waals surface area contributed by atoms with Crippen molar-refractivity contribution in [1.29, 1.82) is 0 Å². The van der Waals surface area contributed by atoms with Crippen LogP contribution in [-0.4, -0.2) is 40.8 Å². The van der Waals surface area contributed by atoms with Gasteiger partial charge in [0.05, 0.1) is 15.5 Å². The topological polar surface area (TPSA) is 74.8 Å². The lowest BCUT2D eigenvalue weighted by Crippen LogP contribution is -2.36. The molecule has 1 heterocycles. The average molecular weight is 445 g/mol. The van der Waals surface area contributed by atoms with Gasteiger partial charge in [-0.25, -0.2) is 21.1 Å². The molecule has 1 fully saturated rings. The fourth-order valence-electron chi connectivity index (χ4n) is 3.20. The Morgan fingerprint density at radius 2 is 1.34 bits per heavy atom. The molecule has 10 heteroatoms. The number of benzene rings is 2. The summed E-state index contributed by atoms with van der Waals surface area (Å²) < 4.78 is 79.6. The number of hydrogen-bond donors (Lipinski definition) is 0. The lowest BCUT2D eigenvalue weighted by molar-refractivity contribution is 0.162. The highest BCUT2D eigenvalue weighted by Gasteiger charge is 2.33. The van der Waals surface area contributed by atoms with Crippen LogP contribution in [-0.2, 0) is 20.0 Å². The SMILES string of the molecule is Cc1ccc(S(=O)(=O)N(c2ccc(S(=O)(=O)N3CCCCC3)cc2)C(F)F)cc1. The molecule has 0 saturated carbocycles. The minimum absolute atomic E-state index is 0.00500. The minimum atomic E-state index is -4.52. The van der Waals surface area contributed by atoms with Crippen molar-refractivity contribution >= 4 is 25.7 Å². The normalized spacial score (nSPS) is 16.1. The Bertz CT molecular complexity index is 1050. The first-order valence-corrected chi connectivity index (χ1v) is 12.0. The second-order valence-corrected chi connectivity index (χ2v) is 10.6. The molecule has 0 aromatic heterocycles. The van der Waals surface area contributed by atoms with E-state index >= 15 is 0 Å². The predicted molar refractivity (Wildman–Crippen MR) is 106 cm³/mol. The van der Waals surface area contributed by atoms with Crippen LogP contribution in [0.4, 0.5) is 14.5 Å². The molecule has 0 amide bonds. The number of hydrogen-bond acceptors (Lipinski definition) is 4. The fourth-order valence-corrected chi connectivity index (χ4v) is 6.03. The third kappa shape index (κ3) is 4.44. The first-order valence-electron chi connectivity index (χ1n) is 9.13. The van der Waals surface area contributed by atoms with Gasteiger partial charge >= 0.3 is 6.55 Å². The highest BCUT2D eigenvalue weighted by Crippen LogP contribution is 2.29. The quantitative estimate of drug-likeness (QED) is 0.638. The molecule has 0 N–H and O–H groups in total. The van der Waals surface area contributed by atoms with E-state index in [0.29, 0.717) is 13.1 Å². The summed E-state index contributed by atoms with van der Waals surface area (Å²) in [5, 5.41) is 0. The highest BCUT2D eigenvalue weighted by molar-refractivity contribution is 7.92. The Morgan fingerprint density at radius 1 is 0.828 bits per heavy atom. The molecule has 0 unspecified atom stereocenters. The first-order chi connectivity index (χ1) is 13.6. The van der Waals surface area contributed by atoms with E-state index in [9.17, 15) is 25.6 Å². The van der Waals surface area contributed by atoms with Crippen molar-refractivity contribution in [3.63, 3.8) is 0 Å². The van der Waals surface area contributed by atoms with E-state index in [0.717, 1.165) is 37.0 Å². The molecular formula is C19H22F2N2O4S2. The van der Waals surface area contributed by atoms with Gasteiger partial charge in [-0.05, 0) is 56.2 Å². The largest absolute Gasteiger partial charge is 0.328 e. The molecule has 1 saturated heterocycles. The van der Waals surface area contributed by atoms with E-state index in [-0.39, 0.29) is 19.8 Å². The Labute approximate surface area is 169 Å². The number of anilines is 1. The standard InChI is InChI=1S/C19H22F2N2O4S2/c1-15-5-9-18(10-6-15)29(26,27)23(19(20)21)16-7-11-17(12-8-16)28(24,25)22-13-3-2-4-14-22/h5-12,19H,2-4,13-14H2,1H3. The number of alkyl halides is 2. The molecule has 0 atom stereocenters. The summed E-state index contributed by atoms with van der Waals surface area (Å²) in [5.74, 6) is 0. The van der Waals surface area contributed by atoms with Crippen molar-refractivity contribution in [1.82, 2.24) is 4.31 Å². The van der Waals surface area contributed by atoms with Crippen molar-refractivity contribution in [2.24, 2.45) is 0 Å². The summed E-state index contributed by atoms with van der Waals surface area (Å²) in [6, 6.07) is 10.1. The van der Waals surface area contributed by atoms with Gasteiger partial charge in [0.15, 0.2) is 0 Å². The molecule has 1 aliphatic heterocycles. The van der Waals surface area contributed by atoms with Gasteiger partial charge in [0, 0.05) is 13.1 Å². The molecule has 158 valence electrons. The third-order valence-corrected chi connectivity index (χ3v) is 8.47. The lowest BCUT2D eigenvalue weighted by Gasteiger charge is -2.26. The lowest BCUT2D eigenvalue weighted by atomic mass is 10.2. The molecule has 2 aromatic rings. The van der Waals surface area contributed by atoms with Crippen LogP contribution in [0.3, 0.4) is 0 Å². The van der Waals surface area contributed by atoms with E-state index in [1.807, 2.05) is 0 Å².